The first-order chi connectivity index (χ1) is 3.93. The quantitative estimate of drug-likeness (QED) is 0.491. The van der Waals surface area contributed by atoms with Gasteiger partial charge < -0.3 is 0 Å². The second kappa shape index (κ2) is 2.15. The van der Waals surface area contributed by atoms with Gasteiger partial charge in [0.2, 0.25) is 0 Å². The van der Waals surface area contributed by atoms with Crippen LogP contribution in [0.25, 0.3) is 6.20 Å². The molecule has 0 fully saturated rings. The van der Waals surface area contributed by atoms with Crippen LogP contribution in [0.5, 0.6) is 0 Å². The lowest BCUT2D eigenvalue weighted by atomic mass is 10.7. The van der Waals surface area contributed by atoms with E-state index in [1.54, 1.807) is 17.1 Å². The van der Waals surface area contributed by atoms with E-state index >= 15 is 0 Å². The van der Waals surface area contributed by atoms with E-state index < -0.39 is 0 Å². The standard InChI is InChI=1S/C6H6N2/c1-2-5-8-6-3-4-7-8/h3-6H,1H2. The van der Waals surface area contributed by atoms with Crippen LogP contribution < -0.4 is 0 Å². The van der Waals surface area contributed by atoms with Gasteiger partial charge in [0, 0.05) is 12.4 Å². The second-order valence-corrected chi connectivity index (χ2v) is 1.32. The Bertz CT molecular complexity index is 192. The summed E-state index contributed by atoms with van der Waals surface area (Å²) in [7, 11) is 0. The summed E-state index contributed by atoms with van der Waals surface area (Å²) >= 11 is 0. The molecule has 0 saturated heterocycles. The fourth-order valence-corrected chi connectivity index (χ4v) is 0.451. The summed E-state index contributed by atoms with van der Waals surface area (Å²) < 4.78 is 1.63. The molecule has 0 saturated carbocycles. The molecule has 2 heteroatoms. The summed E-state index contributed by atoms with van der Waals surface area (Å²) in [4.78, 5) is 0. The van der Waals surface area contributed by atoms with E-state index in [1.165, 1.54) is 0 Å². The van der Waals surface area contributed by atoms with Crippen LogP contribution in [-0.2, 0) is 0 Å². The number of hydrogen-bond donors (Lipinski definition) is 0. The molecule has 40 valence electrons. The van der Waals surface area contributed by atoms with Gasteiger partial charge in [0.25, 0.3) is 0 Å². The Hall–Kier alpha value is -1.27. The molecule has 1 aromatic rings. The minimum Gasteiger partial charge on any atom is -0.241 e. The van der Waals surface area contributed by atoms with Crippen molar-refractivity contribution in [2.45, 2.75) is 0 Å². The molecule has 0 radical (unpaired) electrons. The highest BCUT2D eigenvalue weighted by molar-refractivity contribution is 5.16. The first-order valence-corrected chi connectivity index (χ1v) is 2.28. The molecule has 0 aliphatic rings. The van der Waals surface area contributed by atoms with Crippen LogP contribution in [0.4, 0.5) is 0 Å². The van der Waals surface area contributed by atoms with E-state index in [2.05, 4.69) is 17.4 Å². The normalized spacial score (nSPS) is 8.00. The molecular weight excluding hydrogens is 100 g/mol. The number of aromatic nitrogens is 2. The molecule has 1 heterocycles. The van der Waals surface area contributed by atoms with Crippen molar-refractivity contribution in [3.05, 3.63) is 30.8 Å². The predicted molar refractivity (Wildman–Crippen MR) is 32.1 cm³/mol. The highest BCUT2D eigenvalue weighted by Crippen LogP contribution is 1.81. The number of nitrogens with zero attached hydrogens (tertiary/aromatic N) is 2. The third-order valence-corrected chi connectivity index (χ3v) is 0.748. The molecule has 0 aliphatic carbocycles. The van der Waals surface area contributed by atoms with E-state index in [0.29, 0.717) is 0 Å². The van der Waals surface area contributed by atoms with Gasteiger partial charge in [0.1, 0.15) is 0 Å². The van der Waals surface area contributed by atoms with Crippen LogP contribution in [0.15, 0.2) is 30.8 Å². The van der Waals surface area contributed by atoms with Crippen LogP contribution in [0, 0.1) is 0 Å². The summed E-state index contributed by atoms with van der Waals surface area (Å²) in [5.74, 6) is 0. The largest absolute Gasteiger partial charge is 0.241 e. The Balaban J connectivity index is 2.93. The van der Waals surface area contributed by atoms with Crippen LogP contribution in [0.2, 0.25) is 0 Å². The maximum absolute atomic E-state index is 3.86. The molecular formula is C6H6N2. The third kappa shape index (κ3) is 0.863. The van der Waals surface area contributed by atoms with Gasteiger partial charge in [-0.05, 0) is 6.07 Å². The molecule has 1 aromatic heterocycles. The van der Waals surface area contributed by atoms with E-state index in [1.807, 2.05) is 12.3 Å². The van der Waals surface area contributed by atoms with Crippen molar-refractivity contribution in [1.82, 2.24) is 9.78 Å². The van der Waals surface area contributed by atoms with Crippen molar-refractivity contribution in [2.24, 2.45) is 0 Å². The first kappa shape index (κ1) is 4.88. The highest BCUT2D eigenvalue weighted by Gasteiger charge is 1.74. The molecule has 0 aliphatic heterocycles. The van der Waals surface area contributed by atoms with Gasteiger partial charge in [-0.2, -0.15) is 5.10 Å². The van der Waals surface area contributed by atoms with Crippen molar-refractivity contribution in [3.8, 4) is 0 Å². The molecule has 0 N–H and O–H groups in total. The lowest BCUT2D eigenvalue weighted by Crippen LogP contribution is -1.81. The van der Waals surface area contributed by atoms with Crippen LogP contribution in [0.1, 0.15) is 0 Å². The van der Waals surface area contributed by atoms with Gasteiger partial charge in [-0.25, -0.2) is 4.68 Å². The Labute approximate surface area is 47.8 Å². The molecule has 0 atom stereocenters. The smallest absolute Gasteiger partial charge is 0.0696 e. The molecule has 0 aromatic carbocycles. The summed E-state index contributed by atoms with van der Waals surface area (Å²) in [6.45, 7) is 3.39. The minimum atomic E-state index is 1.63. The Morgan fingerprint density at radius 2 is 2.62 bits per heavy atom. The van der Waals surface area contributed by atoms with Crippen LogP contribution >= 0.6 is 0 Å². The molecule has 8 heavy (non-hydrogen) atoms. The maximum Gasteiger partial charge on any atom is 0.0696 e. The van der Waals surface area contributed by atoms with Gasteiger partial charge in [-0.3, -0.25) is 0 Å². The van der Waals surface area contributed by atoms with E-state index in [-0.39, 0.29) is 0 Å². The fraction of sp³-hybridized carbons (Fsp3) is 0. The highest BCUT2D eigenvalue weighted by atomic mass is 15.2. The van der Waals surface area contributed by atoms with Gasteiger partial charge in [-0.1, -0.05) is 6.58 Å². The first-order valence-electron chi connectivity index (χ1n) is 2.28. The number of hydrogen-bond acceptors (Lipinski definition) is 1. The van der Waals surface area contributed by atoms with Crippen molar-refractivity contribution < 1.29 is 0 Å². The zero-order valence-corrected chi connectivity index (χ0v) is 4.41. The maximum atomic E-state index is 3.86. The van der Waals surface area contributed by atoms with Crippen molar-refractivity contribution in [2.75, 3.05) is 0 Å². The SMILES string of the molecule is C=C=Cn1cccn1. The summed E-state index contributed by atoms with van der Waals surface area (Å²) in [5.41, 5.74) is 2.60. The molecule has 0 amide bonds. The van der Waals surface area contributed by atoms with Gasteiger partial charge >= 0.3 is 0 Å². The minimum absolute atomic E-state index is 1.63. The second-order valence-electron chi connectivity index (χ2n) is 1.32. The van der Waals surface area contributed by atoms with Crippen LogP contribution in [-0.4, -0.2) is 9.78 Å². The average Bonchev–Trinajstić information content (AvgIpc) is 2.19. The Morgan fingerprint density at radius 1 is 1.75 bits per heavy atom. The van der Waals surface area contributed by atoms with Gasteiger partial charge in [-0.15, -0.1) is 5.73 Å². The molecule has 1 rings (SSSR count). The van der Waals surface area contributed by atoms with E-state index in [4.69, 9.17) is 0 Å². The zero-order valence-electron chi connectivity index (χ0n) is 4.41. The summed E-state index contributed by atoms with van der Waals surface area (Å²) in [5, 5.41) is 3.86. The topological polar surface area (TPSA) is 17.8 Å². The molecule has 0 unspecified atom stereocenters. The average molecular weight is 106 g/mol. The zero-order chi connectivity index (χ0) is 5.82. The molecule has 0 spiro atoms. The van der Waals surface area contributed by atoms with Crippen LogP contribution in [0.3, 0.4) is 0 Å². The number of rotatable bonds is 1. The summed E-state index contributed by atoms with van der Waals surface area (Å²) in [6.07, 6.45) is 5.17. The summed E-state index contributed by atoms with van der Waals surface area (Å²) in [6, 6.07) is 1.84. The van der Waals surface area contributed by atoms with Crippen molar-refractivity contribution >= 4 is 6.20 Å². The van der Waals surface area contributed by atoms with Gasteiger partial charge in [0.15, 0.2) is 0 Å². The lowest BCUT2D eigenvalue weighted by Gasteiger charge is -1.80. The molecule has 0 bridgehead atoms. The third-order valence-electron chi connectivity index (χ3n) is 0.748. The monoisotopic (exact) mass is 106 g/mol. The van der Waals surface area contributed by atoms with E-state index in [9.17, 15) is 0 Å². The van der Waals surface area contributed by atoms with E-state index in [0.717, 1.165) is 0 Å². The Kier molecular flexibility index (Phi) is 1.31. The predicted octanol–water partition coefficient (Wildman–Crippen LogP) is 1.14. The van der Waals surface area contributed by atoms with Gasteiger partial charge in [0.05, 0.1) is 6.20 Å². The lowest BCUT2D eigenvalue weighted by molar-refractivity contribution is 0.936. The van der Waals surface area contributed by atoms with Crippen molar-refractivity contribution in [3.63, 3.8) is 0 Å². The van der Waals surface area contributed by atoms with Crippen molar-refractivity contribution in [1.29, 1.82) is 0 Å². The Morgan fingerprint density at radius 3 is 3.12 bits per heavy atom. The molecule has 2 nitrogen and oxygen atoms in total. The fourth-order valence-electron chi connectivity index (χ4n) is 0.451.